The molecule has 0 aliphatic rings. The second kappa shape index (κ2) is 3.98. The fourth-order valence-corrected chi connectivity index (χ4v) is 0.205. The van der Waals surface area contributed by atoms with Gasteiger partial charge in [0.25, 0.3) is 0 Å². The summed E-state index contributed by atoms with van der Waals surface area (Å²) in [4.78, 5) is 10.7. The summed E-state index contributed by atoms with van der Waals surface area (Å²) in [6.07, 6.45) is 4.31. The van der Waals surface area contributed by atoms with Crippen LogP contribution in [0, 0.1) is 0 Å². The summed E-state index contributed by atoms with van der Waals surface area (Å²) in [7, 11) is 0. The first-order valence-electron chi connectivity index (χ1n) is 1.55. The van der Waals surface area contributed by atoms with Crippen LogP contribution in [0.15, 0.2) is 19.0 Å². The van der Waals surface area contributed by atoms with Crippen LogP contribution in [0.3, 0.4) is 0 Å². The average molecular weight is 202 g/mol. The van der Waals surface area contributed by atoms with Gasteiger partial charge in [-0.2, -0.15) is 0 Å². The SMILES string of the molecule is [SnH2].c1ncncn1. The van der Waals surface area contributed by atoms with Gasteiger partial charge in [-0.3, -0.25) is 0 Å². The molecule has 1 aromatic heterocycles. The van der Waals surface area contributed by atoms with E-state index in [9.17, 15) is 0 Å². The topological polar surface area (TPSA) is 38.7 Å². The molecule has 0 amide bonds. The Hall–Kier alpha value is -0.191. The second-order valence-corrected chi connectivity index (χ2v) is 0.794. The maximum atomic E-state index is 3.56. The Morgan fingerprint density at radius 3 is 1.14 bits per heavy atom. The standard InChI is InChI=1S/C3H3N3.Sn.2H/c1-4-2-6-3-5-1;;;/h1-3H;;;. The van der Waals surface area contributed by atoms with E-state index in [-0.39, 0.29) is 23.9 Å². The van der Waals surface area contributed by atoms with Crippen molar-refractivity contribution < 1.29 is 0 Å². The number of rotatable bonds is 0. The third-order valence-electron chi connectivity index (χ3n) is 0.400. The normalized spacial score (nSPS) is 6.86. The molecule has 3 nitrogen and oxygen atoms in total. The van der Waals surface area contributed by atoms with Gasteiger partial charge in [0, 0.05) is 0 Å². The van der Waals surface area contributed by atoms with Crippen molar-refractivity contribution in [1.29, 1.82) is 0 Å². The Labute approximate surface area is 58.2 Å². The largest absolute Gasteiger partial charge is 0.225 e. The number of hydrogen-bond donors (Lipinski definition) is 0. The fourth-order valence-electron chi connectivity index (χ4n) is 0.205. The summed E-state index contributed by atoms with van der Waals surface area (Å²) in [6.45, 7) is 0. The molecule has 1 heterocycles. The van der Waals surface area contributed by atoms with E-state index in [4.69, 9.17) is 0 Å². The Bertz CT molecular complexity index is 82.1. The fraction of sp³-hybridized carbons (Fsp3) is 0. The minimum absolute atomic E-state index is 0. The van der Waals surface area contributed by atoms with Crippen molar-refractivity contribution >= 4 is 23.9 Å². The first-order chi connectivity index (χ1) is 3.00. The van der Waals surface area contributed by atoms with Crippen LogP contribution < -0.4 is 0 Å². The zero-order valence-electron chi connectivity index (χ0n) is 3.78. The Morgan fingerprint density at radius 2 is 1.00 bits per heavy atom. The molecule has 7 heavy (non-hydrogen) atoms. The molecule has 0 unspecified atom stereocenters. The molecule has 0 saturated carbocycles. The molecule has 0 aliphatic heterocycles. The van der Waals surface area contributed by atoms with Crippen LogP contribution in [-0.2, 0) is 0 Å². The van der Waals surface area contributed by atoms with Crippen LogP contribution in [0.1, 0.15) is 0 Å². The smallest absolute Gasteiger partial charge is 0.119 e. The summed E-state index contributed by atoms with van der Waals surface area (Å²) in [5, 5.41) is 0. The van der Waals surface area contributed by atoms with Crippen LogP contribution in [0.4, 0.5) is 0 Å². The van der Waals surface area contributed by atoms with Gasteiger partial charge in [0.05, 0.1) is 0 Å². The van der Waals surface area contributed by atoms with Gasteiger partial charge < -0.3 is 0 Å². The first kappa shape index (κ1) is 6.81. The predicted molar refractivity (Wildman–Crippen MR) is 28.4 cm³/mol. The first-order valence-corrected chi connectivity index (χ1v) is 1.55. The molecule has 0 aliphatic carbocycles. The van der Waals surface area contributed by atoms with E-state index in [1.165, 1.54) is 19.0 Å². The van der Waals surface area contributed by atoms with Gasteiger partial charge >= 0.3 is 23.9 Å². The maximum Gasteiger partial charge on any atom is 0.119 e. The summed E-state index contributed by atoms with van der Waals surface area (Å²) < 4.78 is 0. The molecule has 1 rings (SSSR count). The van der Waals surface area contributed by atoms with Gasteiger partial charge in [0.2, 0.25) is 0 Å². The van der Waals surface area contributed by atoms with Crippen molar-refractivity contribution in [1.82, 2.24) is 15.0 Å². The van der Waals surface area contributed by atoms with Crippen molar-refractivity contribution in [2.75, 3.05) is 0 Å². The summed E-state index contributed by atoms with van der Waals surface area (Å²) in [5.74, 6) is 0. The van der Waals surface area contributed by atoms with Crippen molar-refractivity contribution in [3.05, 3.63) is 19.0 Å². The minimum Gasteiger partial charge on any atom is -0.225 e. The maximum absolute atomic E-state index is 3.56. The third kappa shape index (κ3) is 2.50. The van der Waals surface area contributed by atoms with Crippen molar-refractivity contribution in [3.8, 4) is 0 Å². The molecule has 2 radical (unpaired) electrons. The van der Waals surface area contributed by atoms with Gasteiger partial charge in [-0.1, -0.05) is 0 Å². The molecule has 4 heteroatoms. The zero-order valence-corrected chi connectivity index (χ0v) is 7.82. The molecule has 0 spiro atoms. The van der Waals surface area contributed by atoms with Crippen LogP contribution in [0.5, 0.6) is 0 Å². The van der Waals surface area contributed by atoms with E-state index in [0.717, 1.165) is 0 Å². The molecular weight excluding hydrogens is 197 g/mol. The molecule has 0 N–H and O–H groups in total. The van der Waals surface area contributed by atoms with E-state index in [0.29, 0.717) is 0 Å². The Morgan fingerprint density at radius 1 is 0.714 bits per heavy atom. The van der Waals surface area contributed by atoms with Gasteiger partial charge in [0.1, 0.15) is 19.0 Å². The summed E-state index contributed by atoms with van der Waals surface area (Å²) >= 11 is 0. The van der Waals surface area contributed by atoms with Crippen molar-refractivity contribution in [3.63, 3.8) is 0 Å². The second-order valence-electron chi connectivity index (χ2n) is 0.794. The van der Waals surface area contributed by atoms with E-state index >= 15 is 0 Å². The average Bonchev–Trinajstić information content (AvgIpc) is 1.72. The van der Waals surface area contributed by atoms with E-state index in [1.54, 1.807) is 0 Å². The molecule has 1 aromatic rings. The molecular formula is C3H5N3Sn. The zero-order chi connectivity index (χ0) is 4.24. The summed E-state index contributed by atoms with van der Waals surface area (Å²) in [6, 6.07) is 0. The van der Waals surface area contributed by atoms with E-state index < -0.39 is 0 Å². The number of nitrogens with zero attached hydrogens (tertiary/aromatic N) is 3. The van der Waals surface area contributed by atoms with Crippen LogP contribution >= 0.6 is 0 Å². The minimum atomic E-state index is 0. The molecule has 0 aromatic carbocycles. The monoisotopic (exact) mass is 203 g/mol. The van der Waals surface area contributed by atoms with Crippen LogP contribution in [0.25, 0.3) is 0 Å². The van der Waals surface area contributed by atoms with Crippen LogP contribution in [-0.4, -0.2) is 38.9 Å². The van der Waals surface area contributed by atoms with Gasteiger partial charge in [-0.25, -0.2) is 15.0 Å². The van der Waals surface area contributed by atoms with E-state index in [2.05, 4.69) is 15.0 Å². The predicted octanol–water partition coefficient (Wildman–Crippen LogP) is -1.04. The van der Waals surface area contributed by atoms with Crippen molar-refractivity contribution in [2.24, 2.45) is 0 Å². The summed E-state index contributed by atoms with van der Waals surface area (Å²) in [5.41, 5.74) is 0. The third-order valence-corrected chi connectivity index (χ3v) is 0.400. The number of aromatic nitrogens is 3. The van der Waals surface area contributed by atoms with Gasteiger partial charge in [-0.15, -0.1) is 0 Å². The quantitative estimate of drug-likeness (QED) is 0.504. The Kier molecular flexibility index (Phi) is 3.87. The molecule has 36 valence electrons. The van der Waals surface area contributed by atoms with Gasteiger partial charge in [-0.05, 0) is 0 Å². The molecule has 0 bridgehead atoms. The van der Waals surface area contributed by atoms with Crippen molar-refractivity contribution in [2.45, 2.75) is 0 Å². The van der Waals surface area contributed by atoms with E-state index in [1.807, 2.05) is 0 Å². The number of hydrogen-bond acceptors (Lipinski definition) is 3. The molecule has 0 atom stereocenters. The van der Waals surface area contributed by atoms with Gasteiger partial charge in [0.15, 0.2) is 0 Å². The molecule has 0 saturated heterocycles. The Balaban J connectivity index is 0.000000360. The van der Waals surface area contributed by atoms with Crippen LogP contribution in [0.2, 0.25) is 0 Å². The molecule has 0 fully saturated rings.